The monoisotopic (exact) mass is 219 g/mol. The normalized spacial score (nSPS) is 10.4. The van der Waals surface area contributed by atoms with Crippen LogP contribution in [0.3, 0.4) is 0 Å². The van der Waals surface area contributed by atoms with Gasteiger partial charge in [-0.15, -0.1) is 0 Å². The number of hydrogen-bond acceptors (Lipinski definition) is 2. The lowest BCUT2D eigenvalue weighted by Crippen LogP contribution is -2.13. The molecule has 1 aromatic rings. The summed E-state index contributed by atoms with van der Waals surface area (Å²) in [5.41, 5.74) is 3.84. The highest BCUT2D eigenvalue weighted by Gasteiger charge is 1.98. The summed E-state index contributed by atoms with van der Waals surface area (Å²) in [6.07, 6.45) is 0. The molecule has 1 rings (SSSR count). The molecule has 72 valence electrons. The Balaban J connectivity index is 2.53. The first-order chi connectivity index (χ1) is 6.24. The average Bonchev–Trinajstić information content (AvgIpc) is 2.12. The zero-order valence-electron chi connectivity index (χ0n) is 7.31. The smallest absolute Gasteiger partial charge is 0.0654 e. The van der Waals surface area contributed by atoms with Crippen molar-refractivity contribution in [2.24, 2.45) is 0 Å². The maximum atomic E-state index is 5.83. The van der Waals surface area contributed by atoms with Crippen LogP contribution in [0.2, 0.25) is 10.0 Å². The molecule has 0 saturated carbocycles. The summed E-state index contributed by atoms with van der Waals surface area (Å²) in [4.78, 5) is 4.98. The highest BCUT2D eigenvalue weighted by atomic mass is 35.5. The first kappa shape index (κ1) is 10.8. The van der Waals surface area contributed by atoms with Crippen molar-refractivity contribution in [2.45, 2.75) is 13.5 Å². The fourth-order valence-corrected chi connectivity index (χ4v) is 1.21. The van der Waals surface area contributed by atoms with Crippen molar-refractivity contribution in [2.75, 3.05) is 6.61 Å². The SMILES string of the molecule is CCONCc1ccc(Cl)c(Cl)c1. The minimum absolute atomic E-state index is 0.567. The minimum Gasteiger partial charge on any atom is -0.302 e. The second-order valence-corrected chi connectivity index (χ2v) is 3.32. The first-order valence-corrected chi connectivity index (χ1v) is 4.78. The first-order valence-electron chi connectivity index (χ1n) is 4.02. The molecule has 0 atom stereocenters. The van der Waals surface area contributed by atoms with E-state index in [-0.39, 0.29) is 0 Å². The molecule has 0 amide bonds. The van der Waals surface area contributed by atoms with Gasteiger partial charge in [0, 0.05) is 6.54 Å². The lowest BCUT2D eigenvalue weighted by atomic mass is 10.2. The summed E-state index contributed by atoms with van der Waals surface area (Å²) in [7, 11) is 0. The summed E-state index contributed by atoms with van der Waals surface area (Å²) in [5.74, 6) is 0. The van der Waals surface area contributed by atoms with Crippen LogP contribution in [0.15, 0.2) is 18.2 Å². The molecule has 0 bridgehead atoms. The number of benzene rings is 1. The molecule has 1 N–H and O–H groups in total. The number of halogens is 2. The Bertz CT molecular complexity index is 278. The molecule has 0 unspecified atom stereocenters. The van der Waals surface area contributed by atoms with Gasteiger partial charge in [-0.2, -0.15) is 5.48 Å². The largest absolute Gasteiger partial charge is 0.302 e. The molecule has 0 fully saturated rings. The molecular formula is C9H11Cl2NO. The molecule has 0 radical (unpaired) electrons. The van der Waals surface area contributed by atoms with Crippen molar-refractivity contribution in [3.05, 3.63) is 33.8 Å². The number of hydroxylamine groups is 1. The summed E-state index contributed by atoms with van der Waals surface area (Å²) in [6, 6.07) is 5.49. The van der Waals surface area contributed by atoms with E-state index < -0.39 is 0 Å². The van der Waals surface area contributed by atoms with Crippen molar-refractivity contribution in [1.82, 2.24) is 5.48 Å². The van der Waals surface area contributed by atoms with Gasteiger partial charge < -0.3 is 4.84 Å². The highest BCUT2D eigenvalue weighted by molar-refractivity contribution is 6.41. The van der Waals surface area contributed by atoms with Crippen LogP contribution in [0, 0.1) is 0 Å². The summed E-state index contributed by atoms with van der Waals surface area (Å²) in [6.45, 7) is 3.19. The van der Waals surface area contributed by atoms with Crippen LogP contribution in [0.25, 0.3) is 0 Å². The highest BCUT2D eigenvalue weighted by Crippen LogP contribution is 2.22. The van der Waals surface area contributed by atoms with E-state index in [1.165, 1.54) is 0 Å². The van der Waals surface area contributed by atoms with Crippen molar-refractivity contribution >= 4 is 23.2 Å². The van der Waals surface area contributed by atoms with E-state index in [0.717, 1.165) is 5.56 Å². The summed E-state index contributed by atoms with van der Waals surface area (Å²) < 4.78 is 0. The van der Waals surface area contributed by atoms with Gasteiger partial charge >= 0.3 is 0 Å². The third-order valence-electron chi connectivity index (χ3n) is 1.51. The molecule has 2 nitrogen and oxygen atoms in total. The maximum absolute atomic E-state index is 5.83. The summed E-state index contributed by atoms with van der Waals surface area (Å²) >= 11 is 11.6. The van der Waals surface area contributed by atoms with Crippen LogP contribution in [0.1, 0.15) is 12.5 Å². The molecule has 0 aliphatic carbocycles. The van der Waals surface area contributed by atoms with Gasteiger partial charge in [0.25, 0.3) is 0 Å². The molecular weight excluding hydrogens is 209 g/mol. The Morgan fingerprint density at radius 1 is 1.31 bits per heavy atom. The van der Waals surface area contributed by atoms with E-state index in [1.54, 1.807) is 6.07 Å². The average molecular weight is 220 g/mol. The number of hydrogen-bond donors (Lipinski definition) is 1. The van der Waals surface area contributed by atoms with Crippen molar-refractivity contribution in [3.8, 4) is 0 Å². The topological polar surface area (TPSA) is 21.3 Å². The van der Waals surface area contributed by atoms with Crippen molar-refractivity contribution in [3.63, 3.8) is 0 Å². The minimum atomic E-state index is 0.567. The fraction of sp³-hybridized carbons (Fsp3) is 0.333. The Labute approximate surface area is 87.8 Å². The summed E-state index contributed by atoms with van der Waals surface area (Å²) in [5, 5.41) is 1.14. The second-order valence-electron chi connectivity index (χ2n) is 2.50. The molecule has 0 spiro atoms. The van der Waals surface area contributed by atoms with Gasteiger partial charge in [-0.3, -0.25) is 0 Å². The third kappa shape index (κ3) is 3.53. The zero-order valence-corrected chi connectivity index (χ0v) is 8.82. The van der Waals surface area contributed by atoms with E-state index in [0.29, 0.717) is 23.2 Å². The van der Waals surface area contributed by atoms with Crippen LogP contribution >= 0.6 is 23.2 Å². The van der Waals surface area contributed by atoms with Gasteiger partial charge in [-0.25, -0.2) is 0 Å². The molecule has 0 aliphatic rings. The second kappa shape index (κ2) is 5.45. The predicted molar refractivity (Wildman–Crippen MR) is 54.9 cm³/mol. The zero-order chi connectivity index (χ0) is 9.68. The molecule has 0 heterocycles. The molecule has 0 aliphatic heterocycles. The molecule has 0 saturated heterocycles. The van der Waals surface area contributed by atoms with Crippen LogP contribution in [0.4, 0.5) is 0 Å². The lowest BCUT2D eigenvalue weighted by molar-refractivity contribution is 0.0463. The van der Waals surface area contributed by atoms with Crippen LogP contribution in [-0.2, 0) is 11.4 Å². The lowest BCUT2D eigenvalue weighted by Gasteiger charge is -2.04. The van der Waals surface area contributed by atoms with Crippen LogP contribution in [0.5, 0.6) is 0 Å². The molecule has 1 aromatic carbocycles. The van der Waals surface area contributed by atoms with Gasteiger partial charge in [0.1, 0.15) is 0 Å². The number of nitrogens with one attached hydrogen (secondary N) is 1. The van der Waals surface area contributed by atoms with Gasteiger partial charge in [-0.1, -0.05) is 29.3 Å². The van der Waals surface area contributed by atoms with Gasteiger partial charge in [0.15, 0.2) is 0 Å². The standard InChI is InChI=1S/C9H11Cl2NO/c1-2-13-12-6-7-3-4-8(10)9(11)5-7/h3-5,12H,2,6H2,1H3. The third-order valence-corrected chi connectivity index (χ3v) is 2.25. The Hall–Kier alpha value is -0.280. The van der Waals surface area contributed by atoms with Crippen LogP contribution < -0.4 is 5.48 Å². The van der Waals surface area contributed by atoms with Crippen LogP contribution in [-0.4, -0.2) is 6.61 Å². The molecule has 13 heavy (non-hydrogen) atoms. The van der Waals surface area contributed by atoms with Gasteiger partial charge in [0.2, 0.25) is 0 Å². The number of rotatable bonds is 4. The van der Waals surface area contributed by atoms with E-state index in [9.17, 15) is 0 Å². The Morgan fingerprint density at radius 3 is 2.69 bits per heavy atom. The molecule has 4 heteroatoms. The van der Waals surface area contributed by atoms with E-state index in [4.69, 9.17) is 28.0 Å². The van der Waals surface area contributed by atoms with Crippen molar-refractivity contribution < 1.29 is 4.84 Å². The molecule has 0 aromatic heterocycles. The fourth-order valence-electron chi connectivity index (χ4n) is 0.886. The Morgan fingerprint density at radius 2 is 2.08 bits per heavy atom. The Kier molecular flexibility index (Phi) is 4.53. The van der Waals surface area contributed by atoms with E-state index in [1.807, 2.05) is 19.1 Å². The quantitative estimate of drug-likeness (QED) is 0.622. The van der Waals surface area contributed by atoms with Gasteiger partial charge in [0.05, 0.1) is 16.7 Å². The maximum Gasteiger partial charge on any atom is 0.0654 e. The van der Waals surface area contributed by atoms with Gasteiger partial charge in [-0.05, 0) is 24.6 Å². The predicted octanol–water partition coefficient (Wildman–Crippen LogP) is 3.03. The van der Waals surface area contributed by atoms with E-state index >= 15 is 0 Å². The van der Waals surface area contributed by atoms with Crippen molar-refractivity contribution in [1.29, 1.82) is 0 Å². The van der Waals surface area contributed by atoms with E-state index in [2.05, 4.69) is 5.48 Å².